The number of rotatable bonds is 2. The third kappa shape index (κ3) is 1.67. The first-order chi connectivity index (χ1) is 7.88. The lowest BCUT2D eigenvalue weighted by Crippen LogP contribution is -2.20. The molecule has 0 aromatic carbocycles. The zero-order chi connectivity index (χ0) is 11.0. The quantitative estimate of drug-likeness (QED) is 0.771. The van der Waals surface area contributed by atoms with Crippen LogP contribution in [0.4, 0.5) is 0 Å². The second-order valence-corrected chi connectivity index (χ2v) is 4.83. The van der Waals surface area contributed by atoms with Gasteiger partial charge in [0.05, 0.1) is 36.7 Å². The zero-order valence-corrected chi connectivity index (χ0v) is 10.2. The van der Waals surface area contributed by atoms with Crippen molar-refractivity contribution >= 4 is 22.9 Å². The molecule has 1 aliphatic heterocycles. The topological polar surface area (TPSA) is 27.1 Å². The average Bonchev–Trinajstić information content (AvgIpc) is 2.97. The Balaban J connectivity index is 1.87. The van der Waals surface area contributed by atoms with Crippen molar-refractivity contribution in [3.05, 3.63) is 40.1 Å². The summed E-state index contributed by atoms with van der Waals surface area (Å²) in [6.07, 6.45) is 2.01. The molecule has 3 rings (SSSR count). The van der Waals surface area contributed by atoms with E-state index in [1.807, 2.05) is 6.33 Å². The molecule has 16 heavy (non-hydrogen) atoms. The molecular weight excluding hydrogens is 244 g/mol. The van der Waals surface area contributed by atoms with Gasteiger partial charge in [-0.3, -0.25) is 0 Å². The van der Waals surface area contributed by atoms with Crippen LogP contribution in [0.25, 0.3) is 0 Å². The normalized spacial score (nSPS) is 19.7. The summed E-state index contributed by atoms with van der Waals surface area (Å²) < 4.78 is 7.98. The summed E-state index contributed by atoms with van der Waals surface area (Å²) in [4.78, 5) is 4.29. The molecule has 0 saturated heterocycles. The van der Waals surface area contributed by atoms with E-state index in [1.165, 1.54) is 5.56 Å². The van der Waals surface area contributed by atoms with Crippen LogP contribution < -0.4 is 0 Å². The van der Waals surface area contributed by atoms with E-state index < -0.39 is 0 Å². The fraction of sp³-hybridized carbons (Fsp3) is 0.364. The van der Waals surface area contributed by atoms with Gasteiger partial charge in [-0.25, -0.2) is 4.98 Å². The standard InChI is InChI=1S/C11H11ClN2OS/c12-3-9-10-5-15-11(4-14(10)7-13-9)8-1-2-16-6-8/h1-2,6-7,11H,3-5H2. The van der Waals surface area contributed by atoms with Crippen LogP contribution >= 0.6 is 22.9 Å². The molecule has 3 heterocycles. The van der Waals surface area contributed by atoms with E-state index >= 15 is 0 Å². The number of hydrogen-bond donors (Lipinski definition) is 0. The Kier molecular flexibility index (Phi) is 2.71. The number of alkyl halides is 1. The van der Waals surface area contributed by atoms with Crippen molar-refractivity contribution in [2.75, 3.05) is 0 Å². The Bertz CT molecular complexity index is 480. The molecule has 5 heteroatoms. The van der Waals surface area contributed by atoms with Crippen molar-refractivity contribution in [3.8, 4) is 0 Å². The van der Waals surface area contributed by atoms with Crippen LogP contribution in [-0.2, 0) is 23.8 Å². The van der Waals surface area contributed by atoms with E-state index in [9.17, 15) is 0 Å². The maximum atomic E-state index is 5.84. The Morgan fingerprint density at radius 3 is 3.31 bits per heavy atom. The predicted octanol–water partition coefficient (Wildman–Crippen LogP) is 2.95. The predicted molar refractivity (Wildman–Crippen MR) is 63.6 cm³/mol. The van der Waals surface area contributed by atoms with Crippen molar-refractivity contribution in [1.29, 1.82) is 0 Å². The highest BCUT2D eigenvalue weighted by molar-refractivity contribution is 7.07. The Hall–Kier alpha value is -0.840. The van der Waals surface area contributed by atoms with Crippen molar-refractivity contribution in [1.82, 2.24) is 9.55 Å². The summed E-state index contributed by atoms with van der Waals surface area (Å²) >= 11 is 7.51. The summed E-state index contributed by atoms with van der Waals surface area (Å²) in [6, 6.07) is 2.11. The van der Waals surface area contributed by atoms with Crippen molar-refractivity contribution < 1.29 is 4.74 Å². The van der Waals surface area contributed by atoms with Crippen molar-refractivity contribution in [2.24, 2.45) is 0 Å². The van der Waals surface area contributed by atoms with Crippen LogP contribution in [0.2, 0.25) is 0 Å². The molecule has 1 aliphatic rings. The molecule has 1 atom stereocenters. The molecule has 0 aliphatic carbocycles. The summed E-state index contributed by atoms with van der Waals surface area (Å²) in [7, 11) is 0. The molecule has 1 unspecified atom stereocenters. The Morgan fingerprint density at radius 2 is 2.56 bits per heavy atom. The molecular formula is C11H11ClN2OS. The maximum Gasteiger partial charge on any atom is 0.102 e. The van der Waals surface area contributed by atoms with Gasteiger partial charge in [-0.05, 0) is 22.4 Å². The summed E-state index contributed by atoms with van der Waals surface area (Å²) in [5.41, 5.74) is 3.30. The SMILES string of the molecule is ClCc1ncn2c1COC(c1ccsc1)C2. The van der Waals surface area contributed by atoms with Crippen LogP contribution in [0.1, 0.15) is 23.1 Å². The molecule has 0 N–H and O–H groups in total. The van der Waals surface area contributed by atoms with E-state index in [0.717, 1.165) is 17.9 Å². The number of imidazole rings is 1. The summed E-state index contributed by atoms with van der Waals surface area (Å²) in [6.45, 7) is 1.43. The van der Waals surface area contributed by atoms with Gasteiger partial charge in [-0.15, -0.1) is 11.6 Å². The Morgan fingerprint density at radius 1 is 1.62 bits per heavy atom. The second kappa shape index (κ2) is 4.20. The number of ether oxygens (including phenoxy) is 1. The highest BCUT2D eigenvalue weighted by Crippen LogP contribution is 2.29. The lowest BCUT2D eigenvalue weighted by molar-refractivity contribution is 0.00292. The molecule has 0 radical (unpaired) electrons. The fourth-order valence-corrected chi connectivity index (χ4v) is 2.88. The van der Waals surface area contributed by atoms with Crippen LogP contribution in [0, 0.1) is 0 Å². The number of nitrogens with zero attached hydrogens (tertiary/aromatic N) is 2. The molecule has 0 amide bonds. The van der Waals surface area contributed by atoms with E-state index in [2.05, 4.69) is 26.4 Å². The minimum Gasteiger partial charge on any atom is -0.365 e. The van der Waals surface area contributed by atoms with E-state index in [0.29, 0.717) is 12.5 Å². The average molecular weight is 255 g/mol. The number of aromatic nitrogens is 2. The van der Waals surface area contributed by atoms with E-state index in [1.54, 1.807) is 11.3 Å². The first-order valence-corrected chi connectivity index (χ1v) is 6.58. The molecule has 3 nitrogen and oxygen atoms in total. The number of fused-ring (bicyclic) bond motifs is 1. The number of hydrogen-bond acceptors (Lipinski definition) is 3. The third-order valence-corrected chi connectivity index (χ3v) is 3.81. The number of halogens is 1. The van der Waals surface area contributed by atoms with Gasteiger partial charge in [0.25, 0.3) is 0 Å². The highest BCUT2D eigenvalue weighted by atomic mass is 35.5. The van der Waals surface area contributed by atoms with Gasteiger partial charge in [0.1, 0.15) is 6.10 Å². The first-order valence-electron chi connectivity index (χ1n) is 5.11. The summed E-state index contributed by atoms with van der Waals surface area (Å²) in [5.74, 6) is 0.453. The largest absolute Gasteiger partial charge is 0.365 e. The maximum absolute atomic E-state index is 5.84. The van der Waals surface area contributed by atoms with Gasteiger partial charge in [0, 0.05) is 0 Å². The lowest BCUT2D eigenvalue weighted by atomic mass is 10.1. The van der Waals surface area contributed by atoms with Crippen LogP contribution in [0.5, 0.6) is 0 Å². The molecule has 0 fully saturated rings. The molecule has 0 saturated carbocycles. The first kappa shape index (κ1) is 10.3. The van der Waals surface area contributed by atoms with Gasteiger partial charge < -0.3 is 9.30 Å². The molecule has 0 spiro atoms. The highest BCUT2D eigenvalue weighted by Gasteiger charge is 2.23. The van der Waals surface area contributed by atoms with Gasteiger partial charge in [0.2, 0.25) is 0 Å². The molecule has 2 aromatic heterocycles. The Labute approximate surface area is 103 Å². The fourth-order valence-electron chi connectivity index (χ4n) is 1.96. The molecule has 0 bridgehead atoms. The minimum atomic E-state index is 0.149. The van der Waals surface area contributed by atoms with Crippen molar-refractivity contribution in [2.45, 2.75) is 25.1 Å². The smallest absolute Gasteiger partial charge is 0.102 e. The zero-order valence-electron chi connectivity index (χ0n) is 8.60. The van der Waals surface area contributed by atoms with Crippen LogP contribution in [-0.4, -0.2) is 9.55 Å². The van der Waals surface area contributed by atoms with Gasteiger partial charge in [0.15, 0.2) is 0 Å². The van der Waals surface area contributed by atoms with E-state index in [-0.39, 0.29) is 6.10 Å². The lowest BCUT2D eigenvalue weighted by Gasteiger charge is -2.24. The van der Waals surface area contributed by atoms with Gasteiger partial charge in [-0.1, -0.05) is 0 Å². The molecule has 84 valence electrons. The second-order valence-electron chi connectivity index (χ2n) is 3.78. The van der Waals surface area contributed by atoms with Crippen molar-refractivity contribution in [3.63, 3.8) is 0 Å². The van der Waals surface area contributed by atoms with E-state index in [4.69, 9.17) is 16.3 Å². The summed E-state index contributed by atoms with van der Waals surface area (Å²) in [5, 5.41) is 4.21. The molecule has 2 aromatic rings. The van der Waals surface area contributed by atoms with Crippen LogP contribution in [0.15, 0.2) is 23.2 Å². The van der Waals surface area contributed by atoms with Gasteiger partial charge in [-0.2, -0.15) is 11.3 Å². The minimum absolute atomic E-state index is 0.149. The third-order valence-electron chi connectivity index (χ3n) is 2.86. The number of thiophene rings is 1. The van der Waals surface area contributed by atoms with Gasteiger partial charge >= 0.3 is 0 Å². The monoisotopic (exact) mass is 254 g/mol. The van der Waals surface area contributed by atoms with Crippen LogP contribution in [0.3, 0.4) is 0 Å².